The molecule has 0 saturated heterocycles. The molecule has 0 N–H and O–H groups in total. The fraction of sp³-hybridized carbons (Fsp3) is 0. The van der Waals surface area contributed by atoms with Gasteiger partial charge in [0.2, 0.25) is 0 Å². The fourth-order valence-electron chi connectivity index (χ4n) is 1.28. The Balaban J connectivity index is 2.67. The fourth-order valence-corrected chi connectivity index (χ4v) is 1.44. The second-order valence-corrected chi connectivity index (χ2v) is 3.31. The minimum absolute atomic E-state index is 0.0677. The Morgan fingerprint density at radius 1 is 1.40 bits per heavy atom. The largest absolute Gasteiger partial charge is 0.464 e. The summed E-state index contributed by atoms with van der Waals surface area (Å²) in [6.45, 7) is 0. The van der Waals surface area contributed by atoms with Gasteiger partial charge in [-0.05, 0) is 24.3 Å². The summed E-state index contributed by atoms with van der Waals surface area (Å²) in [6, 6.07) is 7.75. The number of nitrogens with zero attached hydrogens (tertiary/aromatic N) is 1. The Labute approximate surface area is 90.5 Å². The molecule has 0 bridgehead atoms. The minimum Gasteiger partial charge on any atom is -0.464 e. The van der Waals surface area contributed by atoms with Crippen LogP contribution in [0.3, 0.4) is 0 Å². The minimum atomic E-state index is -0.568. The molecule has 4 heteroatoms. The number of furan rings is 1. The summed E-state index contributed by atoms with van der Waals surface area (Å²) < 4.78 is 18.3. The van der Waals surface area contributed by atoms with Crippen LogP contribution in [-0.2, 0) is 0 Å². The van der Waals surface area contributed by atoms with Crippen LogP contribution in [0, 0.1) is 17.1 Å². The van der Waals surface area contributed by atoms with E-state index in [1.165, 1.54) is 18.4 Å². The molecule has 1 heterocycles. The van der Waals surface area contributed by atoms with Crippen molar-refractivity contribution in [2.24, 2.45) is 0 Å². The summed E-state index contributed by atoms with van der Waals surface area (Å²) in [7, 11) is 0. The van der Waals surface area contributed by atoms with E-state index in [0.717, 1.165) is 0 Å². The van der Waals surface area contributed by atoms with Gasteiger partial charge >= 0.3 is 0 Å². The lowest BCUT2D eigenvalue weighted by molar-refractivity contribution is 0.580. The third-order valence-electron chi connectivity index (χ3n) is 1.97. The normalized spacial score (nSPS) is 9.93. The number of hydrogen-bond acceptors (Lipinski definition) is 2. The number of benzene rings is 1. The first-order chi connectivity index (χ1) is 7.22. The average Bonchev–Trinajstić information content (AvgIpc) is 2.74. The average molecular weight is 222 g/mol. The van der Waals surface area contributed by atoms with Gasteiger partial charge in [0.05, 0.1) is 22.9 Å². The van der Waals surface area contributed by atoms with Gasteiger partial charge in [0.1, 0.15) is 11.6 Å². The number of halogens is 2. The molecule has 0 aliphatic rings. The van der Waals surface area contributed by atoms with Crippen LogP contribution in [0.15, 0.2) is 34.9 Å². The van der Waals surface area contributed by atoms with E-state index >= 15 is 0 Å². The molecule has 0 aliphatic heterocycles. The standard InChI is InChI=1S/C11H5ClFNO/c12-9-4-7(6-14)8(5-10(9)13)11-2-1-3-15-11/h1-5H. The molecule has 1 aromatic heterocycles. The Morgan fingerprint density at radius 2 is 2.20 bits per heavy atom. The number of nitriles is 1. The van der Waals surface area contributed by atoms with E-state index in [9.17, 15) is 4.39 Å². The Morgan fingerprint density at radius 3 is 2.80 bits per heavy atom. The molecule has 0 spiro atoms. The highest BCUT2D eigenvalue weighted by atomic mass is 35.5. The smallest absolute Gasteiger partial charge is 0.142 e. The van der Waals surface area contributed by atoms with Crippen LogP contribution in [0.2, 0.25) is 5.02 Å². The van der Waals surface area contributed by atoms with Crippen molar-refractivity contribution in [2.75, 3.05) is 0 Å². The maximum absolute atomic E-state index is 13.2. The van der Waals surface area contributed by atoms with Crippen molar-refractivity contribution in [2.45, 2.75) is 0 Å². The van der Waals surface area contributed by atoms with Crippen LogP contribution in [0.25, 0.3) is 11.3 Å². The molecule has 0 aliphatic carbocycles. The van der Waals surface area contributed by atoms with Gasteiger partial charge in [-0.3, -0.25) is 0 Å². The SMILES string of the molecule is N#Cc1cc(Cl)c(F)cc1-c1ccco1. The van der Waals surface area contributed by atoms with Crippen LogP contribution < -0.4 is 0 Å². The van der Waals surface area contributed by atoms with Gasteiger partial charge in [0.25, 0.3) is 0 Å². The van der Waals surface area contributed by atoms with E-state index in [1.807, 2.05) is 6.07 Å². The van der Waals surface area contributed by atoms with Crippen molar-refractivity contribution < 1.29 is 8.81 Å². The molecule has 2 aromatic rings. The first kappa shape index (κ1) is 9.75. The highest BCUT2D eigenvalue weighted by Gasteiger charge is 2.11. The molecular weight excluding hydrogens is 217 g/mol. The van der Waals surface area contributed by atoms with Gasteiger partial charge in [-0.15, -0.1) is 0 Å². The predicted octanol–water partition coefficient (Wildman–Crippen LogP) is 3.61. The summed E-state index contributed by atoms with van der Waals surface area (Å²) in [6.07, 6.45) is 1.46. The molecule has 1 aromatic carbocycles. The summed E-state index contributed by atoms with van der Waals surface area (Å²) in [5.41, 5.74) is 0.695. The van der Waals surface area contributed by atoms with Gasteiger partial charge in [-0.1, -0.05) is 11.6 Å². The topological polar surface area (TPSA) is 36.9 Å². The molecule has 74 valence electrons. The van der Waals surface area contributed by atoms with Crippen LogP contribution in [0.1, 0.15) is 5.56 Å². The molecule has 0 amide bonds. The van der Waals surface area contributed by atoms with Gasteiger partial charge < -0.3 is 4.42 Å². The molecular formula is C11H5ClFNO. The second-order valence-electron chi connectivity index (χ2n) is 2.90. The van der Waals surface area contributed by atoms with E-state index in [0.29, 0.717) is 11.3 Å². The number of rotatable bonds is 1. The van der Waals surface area contributed by atoms with Gasteiger partial charge in [-0.2, -0.15) is 5.26 Å². The Bertz CT molecular complexity index is 528. The van der Waals surface area contributed by atoms with E-state index in [1.54, 1.807) is 12.1 Å². The molecule has 0 atom stereocenters. The quantitative estimate of drug-likeness (QED) is 0.738. The molecule has 2 nitrogen and oxygen atoms in total. The zero-order valence-electron chi connectivity index (χ0n) is 7.50. The highest BCUT2D eigenvalue weighted by Crippen LogP contribution is 2.28. The lowest BCUT2D eigenvalue weighted by Crippen LogP contribution is -1.86. The van der Waals surface area contributed by atoms with Crippen molar-refractivity contribution in [3.05, 3.63) is 46.9 Å². The van der Waals surface area contributed by atoms with Crippen LogP contribution in [0.4, 0.5) is 4.39 Å². The zero-order valence-corrected chi connectivity index (χ0v) is 8.25. The molecule has 0 fully saturated rings. The number of hydrogen-bond donors (Lipinski definition) is 0. The van der Waals surface area contributed by atoms with Gasteiger partial charge in [0, 0.05) is 5.56 Å². The maximum atomic E-state index is 13.2. The van der Waals surface area contributed by atoms with Gasteiger partial charge in [-0.25, -0.2) is 4.39 Å². The third-order valence-corrected chi connectivity index (χ3v) is 2.26. The summed E-state index contributed by atoms with van der Waals surface area (Å²) in [5.74, 6) is -0.121. The lowest BCUT2D eigenvalue weighted by Gasteiger charge is -2.01. The van der Waals surface area contributed by atoms with Crippen molar-refractivity contribution >= 4 is 11.6 Å². The van der Waals surface area contributed by atoms with Crippen molar-refractivity contribution in [1.82, 2.24) is 0 Å². The first-order valence-electron chi connectivity index (χ1n) is 4.15. The van der Waals surface area contributed by atoms with E-state index in [2.05, 4.69) is 0 Å². The predicted molar refractivity (Wildman–Crippen MR) is 53.8 cm³/mol. The summed E-state index contributed by atoms with van der Waals surface area (Å²) in [4.78, 5) is 0. The van der Waals surface area contributed by atoms with E-state index in [-0.39, 0.29) is 10.6 Å². The summed E-state index contributed by atoms with van der Waals surface area (Å²) >= 11 is 5.57. The highest BCUT2D eigenvalue weighted by molar-refractivity contribution is 6.31. The van der Waals surface area contributed by atoms with Crippen LogP contribution >= 0.6 is 11.6 Å². The van der Waals surface area contributed by atoms with Crippen molar-refractivity contribution in [3.8, 4) is 17.4 Å². The van der Waals surface area contributed by atoms with Gasteiger partial charge in [0.15, 0.2) is 0 Å². The third kappa shape index (κ3) is 1.72. The Hall–Kier alpha value is -1.79. The maximum Gasteiger partial charge on any atom is 0.142 e. The molecule has 0 unspecified atom stereocenters. The molecule has 2 rings (SSSR count). The zero-order chi connectivity index (χ0) is 10.8. The monoisotopic (exact) mass is 221 g/mol. The van der Waals surface area contributed by atoms with Crippen LogP contribution in [-0.4, -0.2) is 0 Å². The van der Waals surface area contributed by atoms with Crippen molar-refractivity contribution in [1.29, 1.82) is 5.26 Å². The lowest BCUT2D eigenvalue weighted by atomic mass is 10.1. The summed E-state index contributed by atoms with van der Waals surface area (Å²) in [5, 5.41) is 8.79. The van der Waals surface area contributed by atoms with Crippen molar-refractivity contribution in [3.63, 3.8) is 0 Å². The molecule has 0 saturated carbocycles. The second kappa shape index (κ2) is 3.76. The van der Waals surface area contributed by atoms with E-state index in [4.69, 9.17) is 21.3 Å². The molecule has 0 radical (unpaired) electrons. The first-order valence-corrected chi connectivity index (χ1v) is 4.53. The van der Waals surface area contributed by atoms with Crippen LogP contribution in [0.5, 0.6) is 0 Å². The Kier molecular flexibility index (Phi) is 2.44. The molecule has 15 heavy (non-hydrogen) atoms. The van der Waals surface area contributed by atoms with E-state index < -0.39 is 5.82 Å².